The number of nitrogens with zero attached hydrogens (tertiary/aromatic N) is 3. The first-order chi connectivity index (χ1) is 14.0. The van der Waals surface area contributed by atoms with Crippen molar-refractivity contribution < 1.29 is 18.8 Å². The molecular formula is C20H16FN3O3S2. The van der Waals surface area contributed by atoms with Crippen LogP contribution in [0.1, 0.15) is 20.7 Å². The van der Waals surface area contributed by atoms with Gasteiger partial charge in [0.25, 0.3) is 17.7 Å². The molecule has 9 heteroatoms. The fourth-order valence-electron chi connectivity index (χ4n) is 3.19. The van der Waals surface area contributed by atoms with Crippen LogP contribution in [0.15, 0.2) is 47.5 Å². The van der Waals surface area contributed by atoms with Crippen LogP contribution in [0.4, 0.5) is 4.39 Å². The molecule has 3 amide bonds. The Morgan fingerprint density at radius 3 is 2.48 bits per heavy atom. The highest BCUT2D eigenvalue weighted by atomic mass is 32.2. The van der Waals surface area contributed by atoms with E-state index in [1.165, 1.54) is 23.5 Å². The Morgan fingerprint density at radius 1 is 1.14 bits per heavy atom. The molecule has 1 aliphatic rings. The lowest BCUT2D eigenvalue weighted by Gasteiger charge is -2.10. The number of carbonyl (C=O) groups is 3. The van der Waals surface area contributed by atoms with E-state index in [4.69, 9.17) is 0 Å². The first-order valence-corrected chi connectivity index (χ1v) is 11.0. The van der Waals surface area contributed by atoms with E-state index in [2.05, 4.69) is 4.99 Å². The number of imide groups is 1. The van der Waals surface area contributed by atoms with Gasteiger partial charge in [-0.2, -0.15) is 16.8 Å². The maximum atomic E-state index is 13.6. The van der Waals surface area contributed by atoms with Gasteiger partial charge >= 0.3 is 0 Å². The Kier molecular flexibility index (Phi) is 5.33. The third kappa shape index (κ3) is 3.63. The van der Waals surface area contributed by atoms with Crippen molar-refractivity contribution in [2.24, 2.45) is 4.99 Å². The molecule has 2 heterocycles. The van der Waals surface area contributed by atoms with Crippen molar-refractivity contribution in [3.05, 3.63) is 64.2 Å². The zero-order chi connectivity index (χ0) is 20.5. The summed E-state index contributed by atoms with van der Waals surface area (Å²) in [5.74, 6) is -1.17. The molecule has 0 fully saturated rings. The molecule has 0 atom stereocenters. The Morgan fingerprint density at radius 2 is 1.83 bits per heavy atom. The molecule has 0 bridgehead atoms. The normalized spacial score (nSPS) is 14.1. The van der Waals surface area contributed by atoms with Gasteiger partial charge in [-0.15, -0.1) is 0 Å². The highest BCUT2D eigenvalue weighted by molar-refractivity contribution is 7.98. The average molecular weight is 429 g/mol. The number of halogens is 1. The number of aromatic nitrogens is 1. The number of hydrogen-bond acceptors (Lipinski definition) is 5. The van der Waals surface area contributed by atoms with E-state index in [0.717, 1.165) is 16.2 Å². The smallest absolute Gasteiger partial charge is 0.268 e. The molecule has 1 aromatic heterocycles. The van der Waals surface area contributed by atoms with Gasteiger partial charge < -0.3 is 4.57 Å². The minimum atomic E-state index is -0.607. The van der Waals surface area contributed by atoms with Crippen molar-refractivity contribution in [2.45, 2.75) is 6.54 Å². The van der Waals surface area contributed by atoms with Gasteiger partial charge in [0.05, 0.1) is 21.3 Å². The SMILES string of the molecule is CSCCn1c(=NC(=O)CN2C(=O)c3ccccc3C2=O)sc2cc(F)ccc21. The average Bonchev–Trinajstić information content (AvgIpc) is 3.16. The van der Waals surface area contributed by atoms with Crippen molar-refractivity contribution in [2.75, 3.05) is 18.6 Å². The number of benzene rings is 2. The van der Waals surface area contributed by atoms with Crippen LogP contribution >= 0.6 is 23.1 Å². The van der Waals surface area contributed by atoms with Gasteiger partial charge in [-0.05, 0) is 36.6 Å². The standard InChI is InChI=1S/C20H16FN3O3S2/c1-28-9-8-23-15-7-6-12(21)10-16(15)29-20(23)22-17(25)11-24-18(26)13-4-2-3-5-14(13)19(24)27/h2-7,10H,8-9,11H2,1H3. The molecule has 2 aromatic carbocycles. The van der Waals surface area contributed by atoms with E-state index >= 15 is 0 Å². The van der Waals surface area contributed by atoms with E-state index in [9.17, 15) is 18.8 Å². The molecule has 0 aliphatic carbocycles. The first-order valence-electron chi connectivity index (χ1n) is 8.80. The minimum Gasteiger partial charge on any atom is -0.316 e. The lowest BCUT2D eigenvalue weighted by atomic mass is 10.1. The summed E-state index contributed by atoms with van der Waals surface area (Å²) in [6, 6.07) is 10.9. The van der Waals surface area contributed by atoms with E-state index in [0.29, 0.717) is 16.0 Å². The molecule has 0 unspecified atom stereocenters. The number of thioether (sulfide) groups is 1. The minimum absolute atomic E-state index is 0.290. The maximum Gasteiger partial charge on any atom is 0.268 e. The molecule has 29 heavy (non-hydrogen) atoms. The van der Waals surface area contributed by atoms with Crippen molar-refractivity contribution in [1.82, 2.24) is 9.47 Å². The summed E-state index contributed by atoms with van der Waals surface area (Å²) in [4.78, 5) is 42.9. The Labute approximate surface area is 173 Å². The maximum absolute atomic E-state index is 13.6. The number of thiazole rings is 1. The number of fused-ring (bicyclic) bond motifs is 2. The fraction of sp³-hybridized carbons (Fsp3) is 0.200. The highest BCUT2D eigenvalue weighted by Gasteiger charge is 2.36. The van der Waals surface area contributed by atoms with Crippen LogP contribution in [0.25, 0.3) is 10.2 Å². The summed E-state index contributed by atoms with van der Waals surface area (Å²) in [5.41, 5.74) is 1.37. The third-order valence-corrected chi connectivity index (χ3v) is 6.19. The Balaban J connectivity index is 1.66. The summed E-state index contributed by atoms with van der Waals surface area (Å²) >= 11 is 2.85. The van der Waals surface area contributed by atoms with Crippen molar-refractivity contribution in [3.8, 4) is 0 Å². The summed E-state index contributed by atoms with van der Waals surface area (Å²) in [7, 11) is 0. The molecule has 6 nitrogen and oxygen atoms in total. The van der Waals surface area contributed by atoms with Gasteiger partial charge in [0.15, 0.2) is 4.80 Å². The summed E-state index contributed by atoms with van der Waals surface area (Å²) in [6.45, 7) is 0.170. The summed E-state index contributed by atoms with van der Waals surface area (Å²) in [5, 5.41) is 0. The van der Waals surface area contributed by atoms with Crippen LogP contribution in [0.2, 0.25) is 0 Å². The zero-order valence-corrected chi connectivity index (χ0v) is 17.1. The molecule has 0 saturated heterocycles. The van der Waals surface area contributed by atoms with Crippen molar-refractivity contribution >= 4 is 51.0 Å². The van der Waals surface area contributed by atoms with Crippen LogP contribution in [0, 0.1) is 5.82 Å². The number of hydrogen-bond donors (Lipinski definition) is 0. The van der Waals surface area contributed by atoms with Crippen molar-refractivity contribution in [1.29, 1.82) is 0 Å². The van der Waals surface area contributed by atoms with E-state index < -0.39 is 24.3 Å². The summed E-state index contributed by atoms with van der Waals surface area (Å²) in [6.07, 6.45) is 1.97. The second kappa shape index (κ2) is 7.92. The van der Waals surface area contributed by atoms with E-state index in [-0.39, 0.29) is 16.9 Å². The quantitative estimate of drug-likeness (QED) is 0.585. The largest absolute Gasteiger partial charge is 0.316 e. The molecule has 0 radical (unpaired) electrons. The van der Waals surface area contributed by atoms with Crippen LogP contribution in [-0.4, -0.2) is 45.7 Å². The predicted molar refractivity (Wildman–Crippen MR) is 111 cm³/mol. The van der Waals surface area contributed by atoms with Crippen LogP contribution in [-0.2, 0) is 11.3 Å². The second-order valence-electron chi connectivity index (χ2n) is 6.39. The summed E-state index contributed by atoms with van der Waals surface area (Å²) < 4.78 is 16.1. The zero-order valence-electron chi connectivity index (χ0n) is 15.4. The lowest BCUT2D eigenvalue weighted by Crippen LogP contribution is -2.35. The monoisotopic (exact) mass is 429 g/mol. The molecule has 0 saturated carbocycles. The van der Waals surface area contributed by atoms with E-state index in [1.807, 2.05) is 10.8 Å². The number of carbonyl (C=O) groups excluding carboxylic acids is 3. The van der Waals surface area contributed by atoms with Gasteiger partial charge in [-0.1, -0.05) is 23.5 Å². The van der Waals surface area contributed by atoms with Crippen LogP contribution in [0.3, 0.4) is 0 Å². The number of aryl methyl sites for hydroxylation is 1. The van der Waals surface area contributed by atoms with Gasteiger partial charge in [-0.3, -0.25) is 19.3 Å². The molecule has 3 aromatic rings. The van der Waals surface area contributed by atoms with Gasteiger partial charge in [0, 0.05) is 12.3 Å². The van der Waals surface area contributed by atoms with Gasteiger partial charge in [0.2, 0.25) is 0 Å². The van der Waals surface area contributed by atoms with Gasteiger partial charge in [0.1, 0.15) is 12.4 Å². The molecule has 1 aliphatic heterocycles. The Hall–Kier alpha value is -2.78. The van der Waals surface area contributed by atoms with E-state index in [1.54, 1.807) is 42.1 Å². The highest BCUT2D eigenvalue weighted by Crippen LogP contribution is 2.22. The fourth-order valence-corrected chi connectivity index (χ4v) is 4.65. The topological polar surface area (TPSA) is 71.7 Å². The third-order valence-electron chi connectivity index (χ3n) is 4.56. The Bertz CT molecular complexity index is 1180. The molecule has 0 N–H and O–H groups in total. The molecular weight excluding hydrogens is 413 g/mol. The number of rotatable bonds is 5. The lowest BCUT2D eigenvalue weighted by molar-refractivity contribution is -0.118. The first kappa shape index (κ1) is 19.5. The van der Waals surface area contributed by atoms with Crippen molar-refractivity contribution in [3.63, 3.8) is 0 Å². The number of amides is 3. The van der Waals surface area contributed by atoms with Crippen LogP contribution in [0.5, 0.6) is 0 Å². The molecule has 0 spiro atoms. The van der Waals surface area contributed by atoms with Crippen LogP contribution < -0.4 is 4.80 Å². The van der Waals surface area contributed by atoms with Gasteiger partial charge in [-0.25, -0.2) is 4.39 Å². The second-order valence-corrected chi connectivity index (χ2v) is 8.38. The molecule has 148 valence electrons. The molecule has 4 rings (SSSR count). The predicted octanol–water partition coefficient (Wildman–Crippen LogP) is 2.93.